The summed E-state index contributed by atoms with van der Waals surface area (Å²) in [4.78, 5) is 231. The summed E-state index contributed by atoms with van der Waals surface area (Å²) >= 11 is 0. The molecule has 16 amide bonds. The number of primary amides is 1. The van der Waals surface area contributed by atoms with E-state index in [0.29, 0.717) is 116 Å². The maximum Gasteiger partial charge on any atom is 0.245 e. The molecule has 39 nitrogen and oxygen atoms in total. The molecular weight excluding hydrogens is 1670 g/mol. The molecule has 0 aromatic heterocycles. The van der Waals surface area contributed by atoms with Crippen LogP contribution in [0.15, 0.2) is 0 Å². The normalized spacial score (nSPS) is 16.0. The number of rotatable bonds is 71. The molecular formula is C91H173N23O16. The number of hydrogen-bond donors (Lipinski definition) is 22. The van der Waals surface area contributed by atoms with E-state index in [9.17, 15) is 71.9 Å². The van der Waals surface area contributed by atoms with E-state index in [4.69, 9.17) is 45.9 Å². The zero-order chi connectivity index (χ0) is 98.3. The maximum atomic E-state index is 15.2. The molecule has 1 aliphatic heterocycles. The molecule has 0 aromatic carbocycles. The number of carbonyl (C=O) groups excluding carboxylic acids is 16. The van der Waals surface area contributed by atoms with Gasteiger partial charge in [0.1, 0.15) is 90.6 Å². The Morgan fingerprint density at radius 1 is 0.246 bits per heavy atom. The van der Waals surface area contributed by atoms with Crippen LogP contribution in [-0.4, -0.2) is 242 Å². The van der Waals surface area contributed by atoms with Gasteiger partial charge in [0.05, 0.1) is 0 Å². The summed E-state index contributed by atoms with van der Waals surface area (Å²) in [5.41, 5.74) is 46.6. The molecule has 1 heterocycles. The monoisotopic (exact) mass is 1840 g/mol. The highest BCUT2D eigenvalue weighted by molar-refractivity contribution is 6.01. The van der Waals surface area contributed by atoms with Gasteiger partial charge in [0.2, 0.25) is 94.5 Å². The van der Waals surface area contributed by atoms with Crippen LogP contribution in [0.4, 0.5) is 0 Å². The molecule has 1 aliphatic rings. The average molecular weight is 1850 g/mol. The molecule has 15 atom stereocenters. The van der Waals surface area contributed by atoms with Crippen LogP contribution in [0.2, 0.25) is 0 Å². The van der Waals surface area contributed by atoms with E-state index in [1.165, 1.54) is 11.8 Å². The van der Waals surface area contributed by atoms with Gasteiger partial charge in [-0.2, -0.15) is 0 Å². The van der Waals surface area contributed by atoms with E-state index in [1.54, 1.807) is 0 Å². The first-order valence-corrected chi connectivity index (χ1v) is 48.1. The number of likely N-dealkylation sites (tertiary alicyclic amines) is 1. The summed E-state index contributed by atoms with van der Waals surface area (Å²) in [6, 6.07) is -18.0. The number of hydrogen-bond acceptors (Lipinski definition) is 23. The van der Waals surface area contributed by atoms with Gasteiger partial charge in [-0.05, 0) is 280 Å². The van der Waals surface area contributed by atoms with Gasteiger partial charge in [0.25, 0.3) is 0 Å². The smallest absolute Gasteiger partial charge is 0.245 e. The highest BCUT2D eigenvalue weighted by atomic mass is 16.2. The predicted molar refractivity (Wildman–Crippen MR) is 503 cm³/mol. The van der Waals surface area contributed by atoms with Crippen molar-refractivity contribution in [3.63, 3.8) is 0 Å². The molecule has 0 unspecified atom stereocenters. The van der Waals surface area contributed by atoms with Crippen molar-refractivity contribution >= 4 is 94.5 Å². The molecule has 39 heteroatoms. The van der Waals surface area contributed by atoms with Gasteiger partial charge in [0.15, 0.2) is 0 Å². The Bertz CT molecular complexity index is 3440. The van der Waals surface area contributed by atoms with Gasteiger partial charge in [0, 0.05) is 13.5 Å². The molecule has 1 saturated heterocycles. The lowest BCUT2D eigenvalue weighted by atomic mass is 9.98. The number of nitrogens with one attached hydrogen (secondary N) is 14. The van der Waals surface area contributed by atoms with Crippen LogP contribution in [0.25, 0.3) is 0 Å². The predicted octanol–water partition coefficient (Wildman–Crippen LogP) is 0.496. The van der Waals surface area contributed by atoms with Gasteiger partial charge in [-0.3, -0.25) is 76.7 Å². The molecule has 1 fully saturated rings. The van der Waals surface area contributed by atoms with Crippen molar-refractivity contribution in [1.29, 1.82) is 0 Å². The van der Waals surface area contributed by atoms with Crippen LogP contribution in [-0.2, 0) is 76.7 Å². The minimum absolute atomic E-state index is 0.0344. The number of unbranched alkanes of at least 4 members (excludes halogenated alkanes) is 7. The summed E-state index contributed by atoms with van der Waals surface area (Å²) in [7, 11) is 0. The third-order valence-electron chi connectivity index (χ3n) is 22.3. The number of nitrogens with zero attached hydrogens (tertiary/aromatic N) is 1. The molecule has 0 bridgehead atoms. The largest absolute Gasteiger partial charge is 0.368 e. The second-order valence-electron chi connectivity index (χ2n) is 38.0. The number of carbonyl (C=O) groups is 16. The van der Waals surface area contributed by atoms with Crippen LogP contribution < -0.4 is 120 Å². The molecule has 748 valence electrons. The van der Waals surface area contributed by atoms with Crippen molar-refractivity contribution in [2.24, 2.45) is 87.3 Å². The Labute approximate surface area is 773 Å². The van der Waals surface area contributed by atoms with Crippen LogP contribution in [0.5, 0.6) is 0 Å². The first kappa shape index (κ1) is 119. The van der Waals surface area contributed by atoms with Crippen molar-refractivity contribution < 1.29 is 76.7 Å². The lowest BCUT2D eigenvalue weighted by molar-refractivity contribution is -0.143. The van der Waals surface area contributed by atoms with Crippen LogP contribution in [0, 0.1) is 41.4 Å². The molecule has 0 saturated carbocycles. The molecule has 0 aromatic rings. The van der Waals surface area contributed by atoms with Gasteiger partial charge >= 0.3 is 0 Å². The SMILES string of the molecule is CC(=O)N[C@@H](CCCCN)C(=O)N[C@@H](CCCCN)C(=O)N[C@@H](CC(C)C)C(=O)N[C@@H](CC(C)C)C(=O)N[C@@H](CCCCN)C(=O)N[C@@H](CC(C)C)C(=O)N[C@@H](CC(C)C)C(=O)N[C@@H](CCCCN)C(=O)N[C@@H](CCCCN)C(=O)N1CCC[C@H]1C(=O)N[C@@H](CC(C)C)C(=O)N[C@@H](CCCCN)C(=O)N[C@@H](CC(C)C)C(=O)N[C@@H](CC(C)C)C(=O)N[C@@H](CCCCN)C(N)=O. The number of nitrogens with two attached hydrogens (primary N) is 8. The van der Waals surface area contributed by atoms with Gasteiger partial charge in [-0.15, -0.1) is 0 Å². The quantitative estimate of drug-likeness (QED) is 0.0369. The molecule has 0 aliphatic carbocycles. The minimum Gasteiger partial charge on any atom is -0.368 e. The standard InChI is InChI=1S/C91H173N23O16/c1-54(2)47-69(83(122)101-62(77(99)116)31-16-23-39-92)110-87(126)72(50-57(7)8)108-82(121)67(36-21-28-44-97)105-86(125)75(53-60(13)14)113-90(129)76-38-30-46-114(76)91(130)68(37-22-29-45-98)106-79(118)64(33-18-25-41-94)103-84(123)70(48-55(3)4)111-89(128)74(52-59(11)12)109-81(120)66(35-20-27-43-96)104-85(124)71(49-56(5)6)112-88(127)73(51-58(9)10)107-80(119)65(34-19-26-42-95)102-78(117)63(100-61(15)115)32-17-24-40-93/h54-60,62-76H,16-53,92-98H2,1-15H3,(H2,99,116)(H,100,115)(H,101,122)(H,102,117)(H,103,123)(H,104,124)(H,105,125)(H,106,118)(H,107,119)(H,108,121)(H,109,120)(H,110,126)(H,111,128)(H,112,127)(H,113,129)/t62-,63-,64-,65-,66-,67-,68-,69-,70-,71-,72-,73-,74-,75-,76-/m0/s1. The summed E-state index contributed by atoms with van der Waals surface area (Å²) in [5.74, 6) is -12.3. The van der Waals surface area contributed by atoms with Crippen molar-refractivity contribution in [3.8, 4) is 0 Å². The Balaban J connectivity index is 3.77. The first-order valence-electron chi connectivity index (χ1n) is 48.1. The van der Waals surface area contributed by atoms with Crippen LogP contribution in [0.1, 0.15) is 296 Å². The number of amides is 16. The Morgan fingerprint density at radius 3 is 0.631 bits per heavy atom. The fourth-order valence-electron chi connectivity index (χ4n) is 15.5. The minimum atomic E-state index is -1.31. The Kier molecular flexibility index (Phi) is 61.1. The van der Waals surface area contributed by atoms with Gasteiger partial charge < -0.3 is 125 Å². The zero-order valence-electron chi connectivity index (χ0n) is 81.2. The fraction of sp³-hybridized carbons (Fsp3) is 0.824. The molecule has 0 radical (unpaired) electrons. The summed E-state index contributed by atoms with van der Waals surface area (Å²) in [6.45, 7) is 29.2. The van der Waals surface area contributed by atoms with Crippen LogP contribution in [0.3, 0.4) is 0 Å². The summed E-state index contributed by atoms with van der Waals surface area (Å²) in [6.07, 6.45) is 8.53. The second-order valence-corrected chi connectivity index (χ2v) is 38.0. The Morgan fingerprint density at radius 2 is 0.423 bits per heavy atom. The van der Waals surface area contributed by atoms with Crippen molar-refractivity contribution in [2.75, 3.05) is 52.4 Å². The summed E-state index contributed by atoms with van der Waals surface area (Å²) < 4.78 is 0. The third kappa shape index (κ3) is 49.1. The van der Waals surface area contributed by atoms with E-state index in [2.05, 4.69) is 74.4 Å². The van der Waals surface area contributed by atoms with Gasteiger partial charge in [-0.1, -0.05) is 96.9 Å². The highest BCUT2D eigenvalue weighted by Gasteiger charge is 2.43. The third-order valence-corrected chi connectivity index (χ3v) is 22.3. The molecule has 30 N–H and O–H groups in total. The summed E-state index contributed by atoms with van der Waals surface area (Å²) in [5, 5.41) is 39.4. The lowest BCUT2D eigenvalue weighted by Crippen LogP contribution is -2.61. The lowest BCUT2D eigenvalue weighted by Gasteiger charge is -2.32. The van der Waals surface area contributed by atoms with Crippen molar-refractivity contribution in [3.05, 3.63) is 0 Å². The second kappa shape index (κ2) is 66.6. The van der Waals surface area contributed by atoms with Gasteiger partial charge in [-0.25, -0.2) is 0 Å². The first-order chi connectivity index (χ1) is 61.4. The van der Waals surface area contributed by atoms with E-state index >= 15 is 4.79 Å². The zero-order valence-corrected chi connectivity index (χ0v) is 81.2. The molecule has 0 spiro atoms. The fourth-order valence-corrected chi connectivity index (χ4v) is 15.5. The van der Waals surface area contributed by atoms with Crippen molar-refractivity contribution in [2.45, 2.75) is 387 Å². The average Bonchev–Trinajstić information content (AvgIpc) is 1.64. The van der Waals surface area contributed by atoms with E-state index < -0.39 is 185 Å². The van der Waals surface area contributed by atoms with E-state index in [1.807, 2.05) is 96.9 Å². The maximum absolute atomic E-state index is 15.2. The van der Waals surface area contributed by atoms with E-state index in [-0.39, 0.29) is 170 Å². The van der Waals surface area contributed by atoms with Crippen molar-refractivity contribution in [1.82, 2.24) is 79.3 Å². The van der Waals surface area contributed by atoms with Crippen LogP contribution >= 0.6 is 0 Å². The molecule has 130 heavy (non-hydrogen) atoms. The molecule has 1 rings (SSSR count). The Hall–Kier alpha value is -8.76. The van der Waals surface area contributed by atoms with E-state index in [0.717, 1.165) is 0 Å². The topological polar surface area (TPSA) is 653 Å². The highest BCUT2D eigenvalue weighted by Crippen LogP contribution is 2.24.